The number of fused-ring (bicyclic) bond motifs is 2. The fourth-order valence-corrected chi connectivity index (χ4v) is 3.66. The second-order valence-corrected chi connectivity index (χ2v) is 6.05. The molecule has 21 heavy (non-hydrogen) atoms. The van der Waals surface area contributed by atoms with Crippen LogP contribution in [-0.2, 0) is 6.42 Å². The maximum atomic E-state index is 11.4. The molecule has 4 rings (SSSR count). The van der Waals surface area contributed by atoms with Gasteiger partial charge in [-0.3, -0.25) is 9.20 Å². The average Bonchev–Trinajstić information content (AvgIpc) is 3.08. The Labute approximate surface area is 126 Å². The molecule has 106 valence electrons. The maximum absolute atomic E-state index is 11.4. The minimum Gasteiger partial charge on any atom is -0.468 e. The molecule has 0 N–H and O–H groups in total. The monoisotopic (exact) mass is 298 g/mol. The molecule has 0 amide bonds. The van der Waals surface area contributed by atoms with E-state index in [2.05, 4.69) is 23.2 Å². The highest BCUT2D eigenvalue weighted by molar-refractivity contribution is 7.15. The third kappa shape index (κ3) is 2.05. The quantitative estimate of drug-likeness (QED) is 0.693. The van der Waals surface area contributed by atoms with Crippen LogP contribution in [0, 0.1) is 0 Å². The predicted molar refractivity (Wildman–Crippen MR) is 81.2 cm³/mol. The minimum absolute atomic E-state index is 0.0155. The summed E-state index contributed by atoms with van der Waals surface area (Å²) < 4.78 is 7.87. The summed E-state index contributed by atoms with van der Waals surface area (Å²) in [5, 5.41) is 1.91. The Bertz CT molecular complexity index is 806. The smallest absolute Gasteiger partial charge is 0.245 e. The van der Waals surface area contributed by atoms with E-state index in [9.17, 15) is 4.79 Å². The fraction of sp³-hybridized carbons (Fsp3) is 0.250. The first kappa shape index (κ1) is 12.6. The summed E-state index contributed by atoms with van der Waals surface area (Å²) in [4.78, 5) is 16.6. The molecule has 1 aromatic carbocycles. The van der Waals surface area contributed by atoms with Gasteiger partial charge in [0.25, 0.3) is 0 Å². The van der Waals surface area contributed by atoms with Crippen LogP contribution in [0.2, 0.25) is 0 Å². The van der Waals surface area contributed by atoms with E-state index in [4.69, 9.17) is 4.74 Å². The molecule has 1 atom stereocenters. The van der Waals surface area contributed by atoms with E-state index in [1.165, 1.54) is 22.5 Å². The number of aldehydes is 1. The third-order valence-electron chi connectivity index (χ3n) is 3.95. The number of imidazole rings is 1. The Kier molecular flexibility index (Phi) is 3.00. The highest BCUT2D eigenvalue weighted by Crippen LogP contribution is 2.34. The molecule has 0 radical (unpaired) electrons. The van der Waals surface area contributed by atoms with E-state index in [1.54, 1.807) is 4.40 Å². The summed E-state index contributed by atoms with van der Waals surface area (Å²) >= 11 is 1.50. The zero-order chi connectivity index (χ0) is 14.2. The van der Waals surface area contributed by atoms with Gasteiger partial charge in [-0.2, -0.15) is 4.98 Å². The van der Waals surface area contributed by atoms with Crippen LogP contribution >= 0.6 is 11.3 Å². The summed E-state index contributed by atoms with van der Waals surface area (Å²) in [6.07, 6.45) is 5.79. The van der Waals surface area contributed by atoms with Crippen LogP contribution in [-0.4, -0.2) is 15.7 Å². The summed E-state index contributed by atoms with van der Waals surface area (Å²) in [6, 6.07) is 8.35. The van der Waals surface area contributed by atoms with E-state index in [-0.39, 0.29) is 6.10 Å². The van der Waals surface area contributed by atoms with Crippen LogP contribution in [0.1, 0.15) is 40.6 Å². The van der Waals surface area contributed by atoms with Gasteiger partial charge >= 0.3 is 0 Å². The number of hydrogen-bond donors (Lipinski definition) is 0. The van der Waals surface area contributed by atoms with Crippen LogP contribution in [0.15, 0.2) is 35.8 Å². The van der Waals surface area contributed by atoms with Gasteiger partial charge in [0.05, 0.1) is 0 Å². The van der Waals surface area contributed by atoms with Gasteiger partial charge in [0.2, 0.25) is 5.88 Å². The van der Waals surface area contributed by atoms with Crippen molar-refractivity contribution in [2.75, 3.05) is 0 Å². The number of thiazole rings is 1. The zero-order valence-electron chi connectivity index (χ0n) is 11.4. The Morgan fingerprint density at radius 2 is 2.29 bits per heavy atom. The first-order chi connectivity index (χ1) is 10.4. The first-order valence-electron chi connectivity index (χ1n) is 7.02. The molecular formula is C16H14N2O2S. The second-order valence-electron chi connectivity index (χ2n) is 5.17. The lowest BCUT2D eigenvalue weighted by Crippen LogP contribution is -2.15. The van der Waals surface area contributed by atoms with Crippen molar-refractivity contribution in [1.82, 2.24) is 9.38 Å². The van der Waals surface area contributed by atoms with Gasteiger partial charge in [0, 0.05) is 11.6 Å². The van der Waals surface area contributed by atoms with E-state index >= 15 is 0 Å². The lowest BCUT2D eigenvalue weighted by atomic mass is 9.89. The Hall–Kier alpha value is -2.14. The molecule has 4 nitrogen and oxygen atoms in total. The summed E-state index contributed by atoms with van der Waals surface area (Å²) in [5.41, 5.74) is 3.05. The van der Waals surface area contributed by atoms with Gasteiger partial charge in [0.1, 0.15) is 6.10 Å². The van der Waals surface area contributed by atoms with Crippen LogP contribution in [0.25, 0.3) is 4.96 Å². The van der Waals surface area contributed by atoms with E-state index in [0.717, 1.165) is 30.5 Å². The van der Waals surface area contributed by atoms with Crippen molar-refractivity contribution < 1.29 is 9.53 Å². The normalized spacial score (nSPS) is 17.6. The number of hydrogen-bond acceptors (Lipinski definition) is 4. The number of ether oxygens (including phenoxy) is 1. The Balaban J connectivity index is 1.72. The van der Waals surface area contributed by atoms with Crippen LogP contribution in [0.3, 0.4) is 0 Å². The Morgan fingerprint density at radius 3 is 3.19 bits per heavy atom. The number of carbonyl (C=O) groups excluding carboxylic acids is 1. The van der Waals surface area contributed by atoms with Crippen LogP contribution in [0.4, 0.5) is 0 Å². The molecule has 2 heterocycles. The van der Waals surface area contributed by atoms with Crippen LogP contribution in [0.5, 0.6) is 5.88 Å². The number of carbonyl (C=O) groups is 1. The highest BCUT2D eigenvalue weighted by Gasteiger charge is 2.24. The van der Waals surface area contributed by atoms with Crippen molar-refractivity contribution in [3.8, 4) is 5.88 Å². The predicted octanol–water partition coefficient (Wildman–Crippen LogP) is 3.66. The van der Waals surface area contributed by atoms with Gasteiger partial charge in [-0.1, -0.05) is 24.3 Å². The van der Waals surface area contributed by atoms with Crippen LogP contribution < -0.4 is 4.74 Å². The summed E-state index contributed by atoms with van der Waals surface area (Å²) in [7, 11) is 0. The topological polar surface area (TPSA) is 43.6 Å². The number of aryl methyl sites for hydroxylation is 1. The van der Waals surface area contributed by atoms with Gasteiger partial charge < -0.3 is 4.74 Å². The van der Waals surface area contributed by atoms with Gasteiger partial charge in [-0.05, 0) is 30.4 Å². The van der Waals surface area contributed by atoms with Gasteiger partial charge in [0.15, 0.2) is 16.9 Å². The fourth-order valence-electron chi connectivity index (χ4n) is 2.94. The van der Waals surface area contributed by atoms with Gasteiger partial charge in [-0.25, -0.2) is 0 Å². The molecule has 5 heteroatoms. The number of aromatic nitrogens is 2. The van der Waals surface area contributed by atoms with Gasteiger partial charge in [-0.15, -0.1) is 11.3 Å². The Morgan fingerprint density at radius 1 is 1.38 bits per heavy atom. The van der Waals surface area contributed by atoms with Crippen molar-refractivity contribution in [3.63, 3.8) is 0 Å². The average molecular weight is 298 g/mol. The standard InChI is InChI=1S/C16H14N2O2S/c19-10-13-15(17-16-18(13)8-9-21-16)20-14-7-3-5-11-4-1-2-6-12(11)14/h1-2,4,6,8-10,14H,3,5,7H2. The number of rotatable bonds is 3. The molecule has 0 saturated carbocycles. The molecular weight excluding hydrogens is 284 g/mol. The molecule has 0 aliphatic heterocycles. The number of nitrogens with zero attached hydrogens (tertiary/aromatic N) is 2. The molecule has 2 aromatic heterocycles. The second kappa shape index (κ2) is 5.00. The lowest BCUT2D eigenvalue weighted by Gasteiger charge is -2.25. The molecule has 0 fully saturated rings. The van der Waals surface area contributed by atoms with E-state index in [1.807, 2.05) is 17.6 Å². The SMILES string of the molecule is O=Cc1c(OC2CCCc3ccccc32)nc2sccn12. The molecule has 1 unspecified atom stereocenters. The maximum Gasteiger partial charge on any atom is 0.245 e. The molecule has 3 aromatic rings. The van der Waals surface area contributed by atoms with Crippen molar-refractivity contribution in [3.05, 3.63) is 52.7 Å². The van der Waals surface area contributed by atoms with Crippen molar-refractivity contribution in [1.29, 1.82) is 0 Å². The highest BCUT2D eigenvalue weighted by atomic mass is 32.1. The molecule has 1 aliphatic carbocycles. The summed E-state index contributed by atoms with van der Waals surface area (Å²) in [5.74, 6) is 0.443. The first-order valence-corrected chi connectivity index (χ1v) is 7.90. The molecule has 0 saturated heterocycles. The number of benzene rings is 1. The van der Waals surface area contributed by atoms with Crippen molar-refractivity contribution in [2.24, 2.45) is 0 Å². The van der Waals surface area contributed by atoms with E-state index in [0.29, 0.717) is 11.6 Å². The van der Waals surface area contributed by atoms with Crippen molar-refractivity contribution in [2.45, 2.75) is 25.4 Å². The lowest BCUT2D eigenvalue weighted by molar-refractivity contribution is 0.110. The summed E-state index contributed by atoms with van der Waals surface area (Å²) in [6.45, 7) is 0. The molecule has 0 bridgehead atoms. The third-order valence-corrected chi connectivity index (χ3v) is 4.70. The zero-order valence-corrected chi connectivity index (χ0v) is 12.2. The van der Waals surface area contributed by atoms with Crippen molar-refractivity contribution >= 4 is 22.6 Å². The van der Waals surface area contributed by atoms with E-state index < -0.39 is 0 Å². The molecule has 0 spiro atoms. The minimum atomic E-state index is -0.0155. The largest absolute Gasteiger partial charge is 0.468 e. The molecule has 1 aliphatic rings.